The van der Waals surface area contributed by atoms with Crippen molar-refractivity contribution in [1.29, 1.82) is 0 Å². The van der Waals surface area contributed by atoms with E-state index in [2.05, 4.69) is 68.3 Å². The zero-order valence-electron chi connectivity index (χ0n) is 14.3. The maximum atomic E-state index is 3.49. The van der Waals surface area contributed by atoms with Gasteiger partial charge in [0.15, 0.2) is 0 Å². The van der Waals surface area contributed by atoms with Gasteiger partial charge in [0.2, 0.25) is 0 Å². The molecule has 2 rings (SSSR count). The summed E-state index contributed by atoms with van der Waals surface area (Å²) in [6.07, 6.45) is 1.34. The van der Waals surface area contributed by atoms with Gasteiger partial charge in [0, 0.05) is 25.7 Å². The van der Waals surface area contributed by atoms with Gasteiger partial charge in [0.05, 0.1) is 0 Å². The van der Waals surface area contributed by atoms with Crippen molar-refractivity contribution < 1.29 is 0 Å². The van der Waals surface area contributed by atoms with Crippen molar-refractivity contribution in [3.05, 3.63) is 34.9 Å². The minimum absolute atomic E-state index is 0.410. The molecule has 0 spiro atoms. The van der Waals surface area contributed by atoms with Crippen molar-refractivity contribution in [2.45, 2.75) is 26.3 Å². The number of likely N-dealkylation sites (tertiary alicyclic amines) is 1. The SMILES string of the molecule is CNC(CN(C)CC1CCN(C)C1)c1cc(C)cc(C)c1. The quantitative estimate of drug-likeness (QED) is 0.868. The van der Waals surface area contributed by atoms with Gasteiger partial charge >= 0.3 is 0 Å². The van der Waals surface area contributed by atoms with E-state index >= 15 is 0 Å². The van der Waals surface area contributed by atoms with Gasteiger partial charge in [0.25, 0.3) is 0 Å². The van der Waals surface area contributed by atoms with Crippen LogP contribution < -0.4 is 5.32 Å². The van der Waals surface area contributed by atoms with Gasteiger partial charge in [-0.05, 0) is 59.4 Å². The van der Waals surface area contributed by atoms with Crippen molar-refractivity contribution in [3.63, 3.8) is 0 Å². The summed E-state index contributed by atoms with van der Waals surface area (Å²) in [5, 5.41) is 3.49. The highest BCUT2D eigenvalue weighted by Gasteiger charge is 2.22. The van der Waals surface area contributed by atoms with Gasteiger partial charge in [-0.15, -0.1) is 0 Å². The summed E-state index contributed by atoms with van der Waals surface area (Å²) >= 11 is 0. The number of hydrogen-bond donors (Lipinski definition) is 1. The molecule has 0 saturated carbocycles. The number of benzene rings is 1. The first-order valence-electron chi connectivity index (χ1n) is 8.10. The van der Waals surface area contributed by atoms with Crippen LogP contribution in [0, 0.1) is 19.8 Å². The average molecular weight is 289 g/mol. The van der Waals surface area contributed by atoms with Gasteiger partial charge in [-0.1, -0.05) is 29.3 Å². The zero-order chi connectivity index (χ0) is 15.4. The molecule has 1 heterocycles. The van der Waals surface area contributed by atoms with Crippen molar-refractivity contribution in [3.8, 4) is 0 Å². The second kappa shape index (κ2) is 7.39. The third-order valence-electron chi connectivity index (χ3n) is 4.55. The fourth-order valence-corrected chi connectivity index (χ4v) is 3.58. The summed E-state index contributed by atoms with van der Waals surface area (Å²) in [5.41, 5.74) is 4.11. The van der Waals surface area contributed by atoms with E-state index < -0.39 is 0 Å². The lowest BCUT2D eigenvalue weighted by molar-refractivity contribution is 0.251. The maximum Gasteiger partial charge on any atom is 0.0446 e. The Kier molecular flexibility index (Phi) is 5.80. The Morgan fingerprint density at radius 3 is 2.48 bits per heavy atom. The van der Waals surface area contributed by atoms with E-state index in [0.29, 0.717) is 6.04 Å². The monoisotopic (exact) mass is 289 g/mol. The van der Waals surface area contributed by atoms with Crippen LogP contribution in [0.4, 0.5) is 0 Å². The highest BCUT2D eigenvalue weighted by Crippen LogP contribution is 2.20. The van der Waals surface area contributed by atoms with E-state index in [1.807, 2.05) is 0 Å². The second-order valence-corrected chi connectivity index (χ2v) is 6.90. The minimum Gasteiger partial charge on any atom is -0.312 e. The predicted octanol–water partition coefficient (Wildman–Crippen LogP) is 2.45. The van der Waals surface area contributed by atoms with Crippen molar-refractivity contribution in [2.24, 2.45) is 5.92 Å². The van der Waals surface area contributed by atoms with Crippen LogP contribution in [-0.4, -0.2) is 57.1 Å². The smallest absolute Gasteiger partial charge is 0.0446 e. The topological polar surface area (TPSA) is 18.5 Å². The molecule has 2 atom stereocenters. The minimum atomic E-state index is 0.410. The normalized spacial score (nSPS) is 21.1. The van der Waals surface area contributed by atoms with E-state index in [9.17, 15) is 0 Å². The molecule has 1 fully saturated rings. The van der Waals surface area contributed by atoms with Crippen molar-refractivity contribution >= 4 is 0 Å². The van der Waals surface area contributed by atoms with Crippen molar-refractivity contribution in [2.75, 3.05) is 47.3 Å². The Hall–Kier alpha value is -0.900. The molecule has 0 radical (unpaired) electrons. The van der Waals surface area contributed by atoms with E-state index in [1.165, 1.54) is 42.7 Å². The Bertz CT molecular complexity index is 438. The van der Waals surface area contributed by atoms with Crippen LogP contribution in [-0.2, 0) is 0 Å². The first-order chi connectivity index (χ1) is 9.97. The van der Waals surface area contributed by atoms with E-state index in [-0.39, 0.29) is 0 Å². The number of aryl methyl sites for hydroxylation is 2. The number of nitrogens with zero attached hydrogens (tertiary/aromatic N) is 2. The highest BCUT2D eigenvalue weighted by molar-refractivity contribution is 5.30. The molecule has 3 nitrogen and oxygen atoms in total. The van der Waals surface area contributed by atoms with Gasteiger partial charge in [0.1, 0.15) is 0 Å². The number of rotatable bonds is 6. The summed E-state index contributed by atoms with van der Waals surface area (Å²) in [5.74, 6) is 0.830. The molecule has 0 aliphatic carbocycles. The molecular weight excluding hydrogens is 258 g/mol. The summed E-state index contributed by atoms with van der Waals surface area (Å²) in [4.78, 5) is 4.93. The van der Waals surface area contributed by atoms with Crippen LogP contribution in [0.3, 0.4) is 0 Å². The van der Waals surface area contributed by atoms with Crippen LogP contribution >= 0.6 is 0 Å². The van der Waals surface area contributed by atoms with Crippen LogP contribution in [0.15, 0.2) is 18.2 Å². The van der Waals surface area contributed by atoms with Gasteiger partial charge in [-0.25, -0.2) is 0 Å². The number of likely N-dealkylation sites (N-methyl/N-ethyl adjacent to an activating group) is 2. The van der Waals surface area contributed by atoms with E-state index in [4.69, 9.17) is 0 Å². The summed E-state index contributed by atoms with van der Waals surface area (Å²) in [6, 6.07) is 7.28. The number of nitrogens with one attached hydrogen (secondary N) is 1. The Balaban J connectivity index is 1.94. The molecule has 2 unspecified atom stereocenters. The summed E-state index contributed by atoms with van der Waals surface area (Å²) < 4.78 is 0. The highest BCUT2D eigenvalue weighted by atomic mass is 15.2. The third-order valence-corrected chi connectivity index (χ3v) is 4.55. The van der Waals surface area contributed by atoms with Crippen LogP contribution in [0.25, 0.3) is 0 Å². The molecule has 0 amide bonds. The fraction of sp³-hybridized carbons (Fsp3) is 0.667. The standard InChI is InChI=1S/C18H31N3/c1-14-8-15(2)10-17(9-14)18(19-3)13-21(5)12-16-6-7-20(4)11-16/h8-10,16,18-19H,6-7,11-13H2,1-5H3. The first kappa shape index (κ1) is 16.5. The average Bonchev–Trinajstić information content (AvgIpc) is 2.80. The maximum absolute atomic E-state index is 3.49. The third kappa shape index (κ3) is 4.80. The number of hydrogen-bond acceptors (Lipinski definition) is 3. The Labute approximate surface area is 130 Å². The van der Waals surface area contributed by atoms with Crippen LogP contribution in [0.5, 0.6) is 0 Å². The molecule has 118 valence electrons. The lowest BCUT2D eigenvalue weighted by atomic mass is 10.0. The van der Waals surface area contributed by atoms with Gasteiger partial charge in [-0.3, -0.25) is 0 Å². The largest absolute Gasteiger partial charge is 0.312 e. The lowest BCUT2D eigenvalue weighted by Gasteiger charge is -2.27. The predicted molar refractivity (Wildman–Crippen MR) is 90.8 cm³/mol. The Morgan fingerprint density at radius 1 is 1.29 bits per heavy atom. The zero-order valence-corrected chi connectivity index (χ0v) is 14.3. The molecule has 1 aromatic carbocycles. The molecule has 1 aliphatic heterocycles. The molecule has 1 aliphatic rings. The van der Waals surface area contributed by atoms with Crippen LogP contribution in [0.1, 0.15) is 29.2 Å². The molecule has 1 aromatic rings. The lowest BCUT2D eigenvalue weighted by Crippen LogP contribution is -2.35. The first-order valence-corrected chi connectivity index (χ1v) is 8.10. The molecule has 21 heavy (non-hydrogen) atoms. The molecule has 0 bridgehead atoms. The molecule has 1 N–H and O–H groups in total. The molecule has 1 saturated heterocycles. The molecule has 0 aromatic heterocycles. The van der Waals surface area contributed by atoms with E-state index in [1.54, 1.807) is 0 Å². The molecule has 3 heteroatoms. The summed E-state index contributed by atoms with van der Waals surface area (Å²) in [6.45, 7) is 9.14. The van der Waals surface area contributed by atoms with E-state index in [0.717, 1.165) is 12.5 Å². The van der Waals surface area contributed by atoms with Crippen molar-refractivity contribution in [1.82, 2.24) is 15.1 Å². The summed E-state index contributed by atoms with van der Waals surface area (Å²) in [7, 11) is 6.55. The van der Waals surface area contributed by atoms with Gasteiger partial charge in [-0.2, -0.15) is 0 Å². The second-order valence-electron chi connectivity index (χ2n) is 6.90. The fourth-order valence-electron chi connectivity index (χ4n) is 3.58. The Morgan fingerprint density at radius 2 is 1.95 bits per heavy atom. The molecular formula is C18H31N3. The van der Waals surface area contributed by atoms with Crippen LogP contribution in [0.2, 0.25) is 0 Å². The van der Waals surface area contributed by atoms with Gasteiger partial charge < -0.3 is 15.1 Å².